The van der Waals surface area contributed by atoms with Crippen LogP contribution >= 0.6 is 23.2 Å². The summed E-state index contributed by atoms with van der Waals surface area (Å²) in [4.78, 5) is 10.7. The maximum absolute atomic E-state index is 10.7. The highest BCUT2D eigenvalue weighted by Crippen LogP contribution is 2.24. The topological polar surface area (TPSA) is 46.5 Å². The van der Waals surface area contributed by atoms with Gasteiger partial charge in [-0.25, -0.2) is 4.79 Å². The summed E-state index contributed by atoms with van der Waals surface area (Å²) in [6, 6.07) is 11.4. The first-order valence-electron chi connectivity index (χ1n) is 5.46. The van der Waals surface area contributed by atoms with Crippen molar-refractivity contribution in [1.82, 2.24) is 0 Å². The molecule has 0 amide bonds. The molecule has 98 valence electrons. The van der Waals surface area contributed by atoms with Gasteiger partial charge < -0.3 is 9.84 Å². The summed E-state index contributed by atoms with van der Waals surface area (Å²) in [5.41, 5.74) is 1.11. The summed E-state index contributed by atoms with van der Waals surface area (Å²) in [6.45, 7) is 0.316. The molecule has 0 spiro atoms. The molecule has 0 saturated carbocycles. The molecule has 3 nitrogen and oxygen atoms in total. The second kappa shape index (κ2) is 5.95. The van der Waals surface area contributed by atoms with Gasteiger partial charge >= 0.3 is 5.97 Å². The fourth-order valence-electron chi connectivity index (χ4n) is 1.52. The van der Waals surface area contributed by atoms with Crippen molar-refractivity contribution in [3.8, 4) is 5.75 Å². The molecule has 0 aliphatic rings. The van der Waals surface area contributed by atoms with E-state index in [1.165, 1.54) is 12.1 Å². The standard InChI is InChI=1S/C14H10Cl2O3/c15-11-5-12(16)7-13(6-11)19-8-9-1-3-10(4-2-9)14(17)18/h1-7H,8H2,(H,17,18). The average Bonchev–Trinajstić information content (AvgIpc) is 2.36. The van der Waals surface area contributed by atoms with E-state index in [1.807, 2.05) is 0 Å². The molecular weight excluding hydrogens is 287 g/mol. The molecule has 0 radical (unpaired) electrons. The Balaban J connectivity index is 2.03. The maximum atomic E-state index is 10.7. The number of carboxylic acids is 1. The molecule has 0 fully saturated rings. The molecule has 5 heteroatoms. The van der Waals surface area contributed by atoms with Crippen LogP contribution < -0.4 is 4.74 Å². The third-order valence-corrected chi connectivity index (χ3v) is 2.88. The first-order chi connectivity index (χ1) is 9.04. The van der Waals surface area contributed by atoms with Gasteiger partial charge in [-0.1, -0.05) is 35.3 Å². The molecule has 1 N–H and O–H groups in total. The number of ether oxygens (including phenoxy) is 1. The molecule has 19 heavy (non-hydrogen) atoms. The van der Waals surface area contributed by atoms with Crippen LogP contribution in [0.15, 0.2) is 42.5 Å². The smallest absolute Gasteiger partial charge is 0.335 e. The number of carboxylic acid groups (broad SMARTS) is 1. The van der Waals surface area contributed by atoms with E-state index in [-0.39, 0.29) is 5.56 Å². The monoisotopic (exact) mass is 296 g/mol. The molecule has 0 saturated heterocycles. The summed E-state index contributed by atoms with van der Waals surface area (Å²) < 4.78 is 5.54. The normalized spacial score (nSPS) is 10.2. The van der Waals surface area contributed by atoms with E-state index in [9.17, 15) is 4.79 Å². The van der Waals surface area contributed by atoms with E-state index < -0.39 is 5.97 Å². The molecule has 0 aromatic heterocycles. The number of hydrogen-bond donors (Lipinski definition) is 1. The predicted octanol–water partition coefficient (Wildman–Crippen LogP) is 4.27. The zero-order chi connectivity index (χ0) is 13.8. The van der Waals surface area contributed by atoms with Crippen molar-refractivity contribution in [2.24, 2.45) is 0 Å². The van der Waals surface area contributed by atoms with Crippen molar-refractivity contribution >= 4 is 29.2 Å². The Hall–Kier alpha value is -1.71. The van der Waals surface area contributed by atoms with Crippen LogP contribution in [0.2, 0.25) is 10.0 Å². The van der Waals surface area contributed by atoms with Crippen LogP contribution in [-0.4, -0.2) is 11.1 Å². The molecule has 0 bridgehead atoms. The Morgan fingerprint density at radius 2 is 1.63 bits per heavy atom. The van der Waals surface area contributed by atoms with E-state index in [0.717, 1.165) is 5.56 Å². The molecule has 0 heterocycles. The van der Waals surface area contributed by atoms with Gasteiger partial charge in [0.05, 0.1) is 5.56 Å². The van der Waals surface area contributed by atoms with Gasteiger partial charge in [0.1, 0.15) is 12.4 Å². The molecule has 2 aromatic rings. The Labute approximate surface area is 120 Å². The van der Waals surface area contributed by atoms with Gasteiger partial charge in [0, 0.05) is 10.0 Å². The van der Waals surface area contributed by atoms with Crippen LogP contribution in [-0.2, 0) is 6.61 Å². The lowest BCUT2D eigenvalue weighted by molar-refractivity contribution is 0.0697. The molecule has 0 atom stereocenters. The van der Waals surface area contributed by atoms with Gasteiger partial charge in [-0.3, -0.25) is 0 Å². The number of aromatic carboxylic acids is 1. The van der Waals surface area contributed by atoms with Crippen LogP contribution in [0.25, 0.3) is 0 Å². The summed E-state index contributed by atoms with van der Waals surface area (Å²) in [7, 11) is 0. The van der Waals surface area contributed by atoms with E-state index in [1.54, 1.807) is 30.3 Å². The van der Waals surface area contributed by atoms with Crippen LogP contribution in [0, 0.1) is 0 Å². The third-order valence-electron chi connectivity index (χ3n) is 2.44. The number of rotatable bonds is 4. The lowest BCUT2D eigenvalue weighted by Crippen LogP contribution is -1.98. The Morgan fingerprint density at radius 3 is 2.16 bits per heavy atom. The molecular formula is C14H10Cl2O3. The van der Waals surface area contributed by atoms with Crippen LogP contribution in [0.3, 0.4) is 0 Å². The van der Waals surface area contributed by atoms with E-state index in [0.29, 0.717) is 22.4 Å². The highest BCUT2D eigenvalue weighted by Gasteiger charge is 2.03. The fraction of sp³-hybridized carbons (Fsp3) is 0.0714. The lowest BCUT2D eigenvalue weighted by Gasteiger charge is -2.07. The van der Waals surface area contributed by atoms with Crippen molar-refractivity contribution in [1.29, 1.82) is 0 Å². The summed E-state index contributed by atoms with van der Waals surface area (Å²) in [5.74, 6) is -0.381. The van der Waals surface area contributed by atoms with Gasteiger partial charge in [-0.05, 0) is 35.9 Å². The van der Waals surface area contributed by atoms with Crippen LogP contribution in [0.4, 0.5) is 0 Å². The van der Waals surface area contributed by atoms with Gasteiger partial charge in [-0.15, -0.1) is 0 Å². The first kappa shape index (κ1) is 13.7. The lowest BCUT2D eigenvalue weighted by atomic mass is 10.1. The minimum Gasteiger partial charge on any atom is -0.489 e. The first-order valence-corrected chi connectivity index (χ1v) is 6.21. The van der Waals surface area contributed by atoms with Gasteiger partial charge in [0.2, 0.25) is 0 Å². The van der Waals surface area contributed by atoms with Crippen molar-refractivity contribution in [3.63, 3.8) is 0 Å². The largest absolute Gasteiger partial charge is 0.489 e. The second-order valence-corrected chi connectivity index (χ2v) is 4.77. The number of benzene rings is 2. The van der Waals surface area contributed by atoms with Crippen molar-refractivity contribution in [3.05, 3.63) is 63.6 Å². The summed E-state index contributed by atoms with van der Waals surface area (Å²) in [6.07, 6.45) is 0. The average molecular weight is 297 g/mol. The summed E-state index contributed by atoms with van der Waals surface area (Å²) >= 11 is 11.7. The van der Waals surface area contributed by atoms with Crippen LogP contribution in [0.5, 0.6) is 5.75 Å². The minimum atomic E-state index is -0.950. The fourth-order valence-corrected chi connectivity index (χ4v) is 2.03. The third kappa shape index (κ3) is 3.88. The molecule has 2 aromatic carbocycles. The van der Waals surface area contributed by atoms with Crippen molar-refractivity contribution in [2.75, 3.05) is 0 Å². The van der Waals surface area contributed by atoms with E-state index in [2.05, 4.69) is 0 Å². The zero-order valence-corrected chi connectivity index (χ0v) is 11.3. The highest BCUT2D eigenvalue weighted by atomic mass is 35.5. The van der Waals surface area contributed by atoms with Gasteiger partial charge in [-0.2, -0.15) is 0 Å². The van der Waals surface area contributed by atoms with Gasteiger partial charge in [0.25, 0.3) is 0 Å². The van der Waals surface area contributed by atoms with Crippen LogP contribution in [0.1, 0.15) is 15.9 Å². The molecule has 0 aliphatic carbocycles. The predicted molar refractivity (Wildman–Crippen MR) is 74.2 cm³/mol. The van der Waals surface area contributed by atoms with E-state index >= 15 is 0 Å². The summed E-state index contributed by atoms with van der Waals surface area (Å²) in [5, 5.41) is 9.79. The van der Waals surface area contributed by atoms with Crippen molar-refractivity contribution < 1.29 is 14.6 Å². The Morgan fingerprint density at radius 1 is 1.05 bits per heavy atom. The van der Waals surface area contributed by atoms with E-state index in [4.69, 9.17) is 33.0 Å². The Kier molecular flexibility index (Phi) is 4.30. The number of carbonyl (C=O) groups is 1. The zero-order valence-electron chi connectivity index (χ0n) is 9.77. The quantitative estimate of drug-likeness (QED) is 0.916. The molecule has 2 rings (SSSR count). The molecule has 0 aliphatic heterocycles. The van der Waals surface area contributed by atoms with Crippen molar-refractivity contribution in [2.45, 2.75) is 6.61 Å². The minimum absolute atomic E-state index is 0.245. The second-order valence-electron chi connectivity index (χ2n) is 3.90. The van der Waals surface area contributed by atoms with Gasteiger partial charge in [0.15, 0.2) is 0 Å². The SMILES string of the molecule is O=C(O)c1ccc(COc2cc(Cl)cc(Cl)c2)cc1. The highest BCUT2D eigenvalue weighted by molar-refractivity contribution is 6.34. The number of hydrogen-bond acceptors (Lipinski definition) is 2. The molecule has 0 unspecified atom stereocenters. The number of halogens is 2. The maximum Gasteiger partial charge on any atom is 0.335 e. The Bertz CT molecular complexity index is 574.